The lowest BCUT2D eigenvalue weighted by Crippen LogP contribution is -2.49. The molecule has 1 aliphatic carbocycles. The normalized spacial score (nSPS) is 32.2. The van der Waals surface area contributed by atoms with E-state index in [1.807, 2.05) is 18.4 Å². The summed E-state index contributed by atoms with van der Waals surface area (Å²) >= 11 is 1.89. The Morgan fingerprint density at radius 3 is 2.79 bits per heavy atom. The number of rotatable bonds is 5. The van der Waals surface area contributed by atoms with Crippen molar-refractivity contribution in [1.29, 1.82) is 0 Å². The molecule has 0 amide bonds. The molecule has 0 bridgehead atoms. The molecular weight excluding hydrogens is 481 g/mol. The van der Waals surface area contributed by atoms with Crippen molar-refractivity contribution in [1.82, 2.24) is 20.4 Å². The van der Waals surface area contributed by atoms with Crippen LogP contribution in [0, 0.1) is 11.8 Å². The second kappa shape index (κ2) is 10.1. The van der Waals surface area contributed by atoms with E-state index in [2.05, 4.69) is 56.9 Å². The van der Waals surface area contributed by atoms with Gasteiger partial charge in [-0.1, -0.05) is 13.0 Å². The predicted molar refractivity (Wildman–Crippen MR) is 130 cm³/mol. The number of halogens is 1. The van der Waals surface area contributed by atoms with Crippen LogP contribution in [0.3, 0.4) is 0 Å². The Morgan fingerprint density at radius 2 is 2.11 bits per heavy atom. The van der Waals surface area contributed by atoms with Crippen molar-refractivity contribution in [2.24, 2.45) is 16.8 Å². The number of guanidine groups is 1. The van der Waals surface area contributed by atoms with Crippen molar-refractivity contribution in [2.45, 2.75) is 50.7 Å². The van der Waals surface area contributed by atoms with Crippen LogP contribution < -0.4 is 10.6 Å². The van der Waals surface area contributed by atoms with Gasteiger partial charge in [0.15, 0.2) is 5.96 Å². The first kappa shape index (κ1) is 22.3. The van der Waals surface area contributed by atoms with E-state index in [1.165, 1.54) is 43.6 Å². The zero-order valence-electron chi connectivity index (χ0n) is 17.4. The third kappa shape index (κ3) is 5.21. The van der Waals surface area contributed by atoms with Crippen LogP contribution in [0.4, 0.5) is 0 Å². The van der Waals surface area contributed by atoms with E-state index in [0.717, 1.165) is 25.1 Å². The van der Waals surface area contributed by atoms with Crippen LogP contribution in [0.25, 0.3) is 0 Å². The molecular formula is C21H36IN5S. The highest BCUT2D eigenvalue weighted by molar-refractivity contribution is 14.0. The van der Waals surface area contributed by atoms with Gasteiger partial charge in [0.1, 0.15) is 0 Å². The maximum atomic E-state index is 4.53. The van der Waals surface area contributed by atoms with Crippen LogP contribution in [0.2, 0.25) is 0 Å². The molecule has 28 heavy (non-hydrogen) atoms. The molecule has 1 aromatic heterocycles. The Morgan fingerprint density at radius 1 is 1.29 bits per heavy atom. The molecule has 0 aromatic carbocycles. The SMILES string of the molecule is CN=C(NCC1CCCN(C)C1c1cccs1)NC1CN(C2CC2)CC1C.I. The highest BCUT2D eigenvalue weighted by atomic mass is 127. The van der Waals surface area contributed by atoms with Gasteiger partial charge >= 0.3 is 0 Å². The van der Waals surface area contributed by atoms with E-state index in [0.29, 0.717) is 23.9 Å². The lowest BCUT2D eigenvalue weighted by Gasteiger charge is -2.39. The van der Waals surface area contributed by atoms with Crippen molar-refractivity contribution in [3.05, 3.63) is 22.4 Å². The van der Waals surface area contributed by atoms with Crippen LogP contribution in [-0.4, -0.2) is 68.1 Å². The maximum Gasteiger partial charge on any atom is 0.191 e. The summed E-state index contributed by atoms with van der Waals surface area (Å²) in [7, 11) is 4.17. The Hall–Kier alpha value is -0.380. The molecule has 5 nitrogen and oxygen atoms in total. The largest absolute Gasteiger partial charge is 0.356 e. The van der Waals surface area contributed by atoms with E-state index < -0.39 is 0 Å². The fraction of sp³-hybridized carbons (Fsp3) is 0.762. The third-order valence-corrected chi connectivity index (χ3v) is 7.57. The second-order valence-corrected chi connectivity index (χ2v) is 9.69. The first-order valence-electron chi connectivity index (χ1n) is 10.6. The minimum Gasteiger partial charge on any atom is -0.356 e. The Kier molecular flexibility index (Phi) is 8.04. The zero-order valence-corrected chi connectivity index (χ0v) is 20.6. The Bertz CT molecular complexity index is 633. The third-order valence-electron chi connectivity index (χ3n) is 6.62. The van der Waals surface area contributed by atoms with Gasteiger partial charge in [0.25, 0.3) is 0 Å². The number of piperidine rings is 1. The lowest BCUT2D eigenvalue weighted by molar-refractivity contribution is 0.125. The molecule has 4 unspecified atom stereocenters. The maximum absolute atomic E-state index is 4.53. The minimum absolute atomic E-state index is 0. The topological polar surface area (TPSA) is 42.9 Å². The monoisotopic (exact) mass is 517 g/mol. The molecule has 7 heteroatoms. The highest BCUT2D eigenvalue weighted by Crippen LogP contribution is 2.37. The number of hydrogen-bond donors (Lipinski definition) is 2. The number of aliphatic imine (C=N–C) groups is 1. The summed E-state index contributed by atoms with van der Waals surface area (Å²) in [6, 6.07) is 6.38. The molecule has 3 aliphatic rings. The van der Waals surface area contributed by atoms with Crippen molar-refractivity contribution in [3.8, 4) is 0 Å². The summed E-state index contributed by atoms with van der Waals surface area (Å²) in [5.74, 6) is 2.29. The van der Waals surface area contributed by atoms with Gasteiger partial charge in [-0.05, 0) is 62.6 Å². The summed E-state index contributed by atoms with van der Waals surface area (Å²) in [4.78, 5) is 11.2. The van der Waals surface area contributed by atoms with Crippen molar-refractivity contribution >= 4 is 41.3 Å². The first-order valence-corrected chi connectivity index (χ1v) is 11.5. The smallest absolute Gasteiger partial charge is 0.191 e. The second-order valence-electron chi connectivity index (χ2n) is 8.71. The number of likely N-dealkylation sites (tertiary alicyclic amines) is 2. The lowest BCUT2D eigenvalue weighted by atomic mass is 9.88. The summed E-state index contributed by atoms with van der Waals surface area (Å²) in [5.41, 5.74) is 0. The number of hydrogen-bond acceptors (Lipinski definition) is 4. The molecule has 2 N–H and O–H groups in total. The number of nitrogens with one attached hydrogen (secondary N) is 2. The van der Waals surface area contributed by atoms with E-state index in [-0.39, 0.29) is 24.0 Å². The van der Waals surface area contributed by atoms with Gasteiger partial charge in [0, 0.05) is 49.7 Å². The van der Waals surface area contributed by atoms with Crippen LogP contribution in [-0.2, 0) is 0 Å². The van der Waals surface area contributed by atoms with E-state index >= 15 is 0 Å². The van der Waals surface area contributed by atoms with Crippen molar-refractivity contribution in [2.75, 3.05) is 40.3 Å². The molecule has 3 heterocycles. The van der Waals surface area contributed by atoms with Crippen molar-refractivity contribution in [3.63, 3.8) is 0 Å². The quantitative estimate of drug-likeness (QED) is 0.357. The van der Waals surface area contributed by atoms with Gasteiger partial charge in [-0.3, -0.25) is 14.8 Å². The molecule has 0 spiro atoms. The van der Waals surface area contributed by atoms with Gasteiger partial charge in [0.05, 0.1) is 0 Å². The molecule has 1 aromatic rings. The highest BCUT2D eigenvalue weighted by Gasteiger charge is 2.38. The van der Waals surface area contributed by atoms with Gasteiger partial charge in [0.2, 0.25) is 0 Å². The molecule has 3 fully saturated rings. The van der Waals surface area contributed by atoms with E-state index in [9.17, 15) is 0 Å². The molecule has 158 valence electrons. The summed E-state index contributed by atoms with van der Waals surface area (Å²) in [5, 5.41) is 9.58. The zero-order chi connectivity index (χ0) is 18.8. The summed E-state index contributed by atoms with van der Waals surface area (Å²) in [6.07, 6.45) is 5.36. The Balaban J connectivity index is 0.00000225. The predicted octanol–water partition coefficient (Wildman–Crippen LogP) is 3.40. The van der Waals surface area contributed by atoms with Crippen LogP contribution in [0.1, 0.15) is 43.5 Å². The average molecular weight is 518 g/mol. The molecule has 2 aliphatic heterocycles. The summed E-state index contributed by atoms with van der Waals surface area (Å²) < 4.78 is 0. The Labute approximate surface area is 191 Å². The van der Waals surface area contributed by atoms with E-state index in [1.54, 1.807) is 0 Å². The van der Waals surface area contributed by atoms with Gasteiger partial charge in [-0.25, -0.2) is 0 Å². The fourth-order valence-electron chi connectivity index (χ4n) is 4.91. The molecule has 1 saturated carbocycles. The number of thiophene rings is 1. The summed E-state index contributed by atoms with van der Waals surface area (Å²) in [6.45, 7) is 6.95. The molecule has 0 radical (unpaired) electrons. The van der Waals surface area contributed by atoms with Crippen LogP contribution >= 0.6 is 35.3 Å². The fourth-order valence-corrected chi connectivity index (χ4v) is 5.89. The van der Waals surface area contributed by atoms with Gasteiger partial charge < -0.3 is 10.6 Å². The standard InChI is InChI=1S/C21H35N5S.HI/c1-15-13-26(17-8-9-17)14-18(15)24-21(22-2)23-12-16-6-4-10-25(3)20(16)19-7-5-11-27-19;/h5,7,11,15-18,20H,4,6,8-10,12-14H2,1-3H3,(H2,22,23,24);1H. The molecule has 4 rings (SSSR count). The molecule has 4 atom stereocenters. The van der Waals surface area contributed by atoms with Gasteiger partial charge in [-0.15, -0.1) is 35.3 Å². The van der Waals surface area contributed by atoms with Crippen molar-refractivity contribution < 1.29 is 0 Å². The number of nitrogens with zero attached hydrogens (tertiary/aromatic N) is 3. The van der Waals surface area contributed by atoms with Crippen LogP contribution in [0.15, 0.2) is 22.5 Å². The first-order chi connectivity index (χ1) is 13.2. The van der Waals surface area contributed by atoms with Crippen LogP contribution in [0.5, 0.6) is 0 Å². The minimum atomic E-state index is 0. The average Bonchev–Trinajstić information content (AvgIpc) is 3.25. The molecule has 2 saturated heterocycles. The van der Waals surface area contributed by atoms with Gasteiger partial charge in [-0.2, -0.15) is 0 Å². The van der Waals surface area contributed by atoms with E-state index in [4.69, 9.17) is 0 Å².